The topological polar surface area (TPSA) is 56.3 Å². The quantitative estimate of drug-likeness (QED) is 0.748. The van der Waals surface area contributed by atoms with Crippen LogP contribution in [0, 0.1) is 23.2 Å². The molecule has 0 amide bonds. The van der Waals surface area contributed by atoms with Crippen LogP contribution >= 0.6 is 0 Å². The lowest BCUT2D eigenvalue weighted by molar-refractivity contribution is 0.0273. The first kappa shape index (κ1) is 12.8. The van der Waals surface area contributed by atoms with Crippen LogP contribution in [-0.2, 0) is 0 Å². The predicted octanol–water partition coefficient (Wildman–Crippen LogP) is 1.20. The second-order valence-electron chi connectivity index (χ2n) is 5.51. The van der Waals surface area contributed by atoms with E-state index in [2.05, 4.69) is 15.9 Å². The van der Waals surface area contributed by atoms with E-state index in [0.29, 0.717) is 13.2 Å². The molecule has 1 heterocycles. The van der Waals surface area contributed by atoms with E-state index >= 15 is 0 Å². The SMILES string of the molecule is N#CCN1CC(C2CCCCC2)CN(CN)C1. The van der Waals surface area contributed by atoms with E-state index in [-0.39, 0.29) is 0 Å². The molecule has 2 N–H and O–H groups in total. The lowest BCUT2D eigenvalue weighted by Crippen LogP contribution is -2.53. The Labute approximate surface area is 104 Å². The summed E-state index contributed by atoms with van der Waals surface area (Å²) in [7, 11) is 0. The summed E-state index contributed by atoms with van der Waals surface area (Å²) in [5, 5.41) is 8.83. The highest BCUT2D eigenvalue weighted by molar-refractivity contribution is 4.86. The van der Waals surface area contributed by atoms with Crippen molar-refractivity contribution in [2.75, 3.05) is 33.0 Å². The number of hydrogen-bond acceptors (Lipinski definition) is 4. The normalized spacial score (nSPS) is 29.1. The molecule has 96 valence electrons. The minimum atomic E-state index is 0.541. The molecule has 17 heavy (non-hydrogen) atoms. The molecule has 0 bridgehead atoms. The molecule has 0 aromatic carbocycles. The van der Waals surface area contributed by atoms with E-state index in [1.165, 1.54) is 32.1 Å². The molecular formula is C13H24N4. The highest BCUT2D eigenvalue weighted by Crippen LogP contribution is 2.32. The average molecular weight is 236 g/mol. The Morgan fingerprint density at radius 3 is 2.41 bits per heavy atom. The van der Waals surface area contributed by atoms with E-state index in [1.807, 2.05) is 0 Å². The summed E-state index contributed by atoms with van der Waals surface area (Å²) in [5.41, 5.74) is 5.77. The summed E-state index contributed by atoms with van der Waals surface area (Å²) in [4.78, 5) is 4.52. The van der Waals surface area contributed by atoms with Crippen LogP contribution < -0.4 is 5.73 Å². The second kappa shape index (κ2) is 6.34. The monoisotopic (exact) mass is 236 g/mol. The maximum absolute atomic E-state index is 8.83. The van der Waals surface area contributed by atoms with Crippen LogP contribution in [0.25, 0.3) is 0 Å². The van der Waals surface area contributed by atoms with E-state index in [1.54, 1.807) is 0 Å². The smallest absolute Gasteiger partial charge is 0.0876 e. The van der Waals surface area contributed by atoms with Crippen molar-refractivity contribution < 1.29 is 0 Å². The first-order valence-electron chi connectivity index (χ1n) is 6.85. The molecule has 0 aromatic heterocycles. The summed E-state index contributed by atoms with van der Waals surface area (Å²) in [6.45, 7) is 4.25. The Hall–Kier alpha value is -0.630. The van der Waals surface area contributed by atoms with Gasteiger partial charge in [-0.15, -0.1) is 0 Å². The van der Waals surface area contributed by atoms with Gasteiger partial charge in [0.2, 0.25) is 0 Å². The Bertz CT molecular complexity index is 267. The molecule has 1 aliphatic carbocycles. The number of rotatable bonds is 3. The third kappa shape index (κ3) is 3.41. The molecule has 1 atom stereocenters. The van der Waals surface area contributed by atoms with Crippen molar-refractivity contribution in [1.29, 1.82) is 5.26 Å². The van der Waals surface area contributed by atoms with E-state index in [0.717, 1.165) is 31.6 Å². The Morgan fingerprint density at radius 1 is 1.06 bits per heavy atom. The Morgan fingerprint density at radius 2 is 1.76 bits per heavy atom. The molecule has 2 rings (SSSR count). The highest BCUT2D eigenvalue weighted by Gasteiger charge is 2.30. The third-order valence-electron chi connectivity index (χ3n) is 4.25. The molecule has 0 spiro atoms. The lowest BCUT2D eigenvalue weighted by Gasteiger charge is -2.42. The van der Waals surface area contributed by atoms with Gasteiger partial charge in [0.1, 0.15) is 0 Å². The largest absolute Gasteiger partial charge is 0.318 e. The summed E-state index contributed by atoms with van der Waals surface area (Å²) in [6.07, 6.45) is 6.95. The van der Waals surface area contributed by atoms with Crippen LogP contribution in [0.15, 0.2) is 0 Å². The van der Waals surface area contributed by atoms with Gasteiger partial charge in [0, 0.05) is 19.8 Å². The van der Waals surface area contributed by atoms with Gasteiger partial charge in [-0.3, -0.25) is 9.80 Å². The van der Waals surface area contributed by atoms with Crippen molar-refractivity contribution >= 4 is 0 Å². The molecule has 0 aromatic rings. The fourth-order valence-corrected chi connectivity index (χ4v) is 3.37. The van der Waals surface area contributed by atoms with Gasteiger partial charge >= 0.3 is 0 Å². The van der Waals surface area contributed by atoms with Gasteiger partial charge in [-0.2, -0.15) is 5.26 Å². The van der Waals surface area contributed by atoms with Gasteiger partial charge in [-0.1, -0.05) is 32.1 Å². The van der Waals surface area contributed by atoms with Crippen LogP contribution in [0.4, 0.5) is 0 Å². The number of nitrogens with two attached hydrogens (primary N) is 1. The fraction of sp³-hybridized carbons (Fsp3) is 0.923. The van der Waals surface area contributed by atoms with Crippen LogP contribution in [0.2, 0.25) is 0 Å². The molecular weight excluding hydrogens is 212 g/mol. The molecule has 1 aliphatic heterocycles. The third-order valence-corrected chi connectivity index (χ3v) is 4.25. The zero-order chi connectivity index (χ0) is 12.1. The molecule has 1 saturated heterocycles. The second-order valence-corrected chi connectivity index (χ2v) is 5.51. The van der Waals surface area contributed by atoms with Crippen LogP contribution in [0.3, 0.4) is 0 Å². The Balaban J connectivity index is 1.93. The molecule has 0 radical (unpaired) electrons. The maximum atomic E-state index is 8.83. The average Bonchev–Trinajstić information content (AvgIpc) is 2.40. The molecule has 4 heteroatoms. The minimum absolute atomic E-state index is 0.541. The van der Waals surface area contributed by atoms with Crippen LogP contribution in [-0.4, -0.2) is 42.8 Å². The summed E-state index contributed by atoms with van der Waals surface area (Å²) >= 11 is 0. The lowest BCUT2D eigenvalue weighted by atomic mass is 9.79. The van der Waals surface area contributed by atoms with Gasteiger partial charge in [0.15, 0.2) is 0 Å². The van der Waals surface area contributed by atoms with Crippen molar-refractivity contribution in [3.05, 3.63) is 0 Å². The van der Waals surface area contributed by atoms with Crippen molar-refractivity contribution in [3.63, 3.8) is 0 Å². The zero-order valence-corrected chi connectivity index (χ0v) is 10.6. The van der Waals surface area contributed by atoms with Crippen molar-refractivity contribution in [2.24, 2.45) is 17.6 Å². The summed E-state index contributed by atoms with van der Waals surface area (Å²) in [6, 6.07) is 2.26. The molecule has 2 fully saturated rings. The predicted molar refractivity (Wildman–Crippen MR) is 67.9 cm³/mol. The van der Waals surface area contributed by atoms with E-state index < -0.39 is 0 Å². The number of nitriles is 1. The van der Waals surface area contributed by atoms with E-state index in [4.69, 9.17) is 11.0 Å². The zero-order valence-electron chi connectivity index (χ0n) is 10.6. The number of nitrogens with zero attached hydrogens (tertiary/aromatic N) is 3. The molecule has 4 nitrogen and oxygen atoms in total. The number of hydrogen-bond donors (Lipinski definition) is 1. The minimum Gasteiger partial charge on any atom is -0.318 e. The van der Waals surface area contributed by atoms with Crippen molar-refractivity contribution in [2.45, 2.75) is 32.1 Å². The van der Waals surface area contributed by atoms with Gasteiger partial charge in [0.25, 0.3) is 0 Å². The van der Waals surface area contributed by atoms with E-state index in [9.17, 15) is 0 Å². The molecule has 1 saturated carbocycles. The standard InChI is InChI=1S/C13H24N4/c14-6-7-16-8-13(9-17(10-15)11-16)12-4-2-1-3-5-12/h12-13H,1-5,7-11,15H2. The summed E-state index contributed by atoms with van der Waals surface area (Å²) < 4.78 is 0. The maximum Gasteiger partial charge on any atom is 0.0876 e. The first-order valence-corrected chi connectivity index (χ1v) is 6.85. The van der Waals surface area contributed by atoms with Gasteiger partial charge in [0.05, 0.1) is 19.3 Å². The Kier molecular flexibility index (Phi) is 4.78. The first-order chi connectivity index (χ1) is 8.33. The summed E-state index contributed by atoms with van der Waals surface area (Å²) in [5.74, 6) is 1.58. The van der Waals surface area contributed by atoms with Gasteiger partial charge < -0.3 is 5.73 Å². The highest BCUT2D eigenvalue weighted by atomic mass is 15.3. The van der Waals surface area contributed by atoms with Gasteiger partial charge in [-0.25, -0.2) is 0 Å². The molecule has 1 unspecified atom stereocenters. The fourth-order valence-electron chi connectivity index (χ4n) is 3.37. The van der Waals surface area contributed by atoms with Crippen LogP contribution in [0.1, 0.15) is 32.1 Å². The van der Waals surface area contributed by atoms with Crippen molar-refractivity contribution in [3.8, 4) is 6.07 Å². The molecule has 2 aliphatic rings. The van der Waals surface area contributed by atoms with Crippen LogP contribution in [0.5, 0.6) is 0 Å². The van der Waals surface area contributed by atoms with Gasteiger partial charge in [-0.05, 0) is 11.8 Å². The van der Waals surface area contributed by atoms with Crippen molar-refractivity contribution in [1.82, 2.24) is 9.80 Å².